The predicted octanol–water partition coefficient (Wildman–Crippen LogP) is 4.45. The smallest absolute Gasteiger partial charge is 0.224 e. The van der Waals surface area contributed by atoms with Gasteiger partial charge in [0.25, 0.3) is 0 Å². The van der Waals surface area contributed by atoms with E-state index in [-0.39, 0.29) is 17.5 Å². The summed E-state index contributed by atoms with van der Waals surface area (Å²) in [6, 6.07) is 6.25. The van der Waals surface area contributed by atoms with E-state index in [4.69, 9.17) is 37.4 Å². The number of carbonyl (C=O) groups excluding carboxylic acids is 1. The highest BCUT2D eigenvalue weighted by atomic mass is 35.5. The summed E-state index contributed by atoms with van der Waals surface area (Å²) >= 11 is 12.3. The molecule has 4 rings (SSSR count). The number of halogens is 3. The SMILES string of the molecule is COCCOc1cc(N2CCC(O)(COc3ccc(Cl)c4c3CCC(=O)N4)CC2)c(F)cc1Cl. The van der Waals surface area contributed by atoms with E-state index in [0.717, 1.165) is 5.56 Å². The summed E-state index contributed by atoms with van der Waals surface area (Å²) in [6.45, 7) is 1.65. The van der Waals surface area contributed by atoms with E-state index in [1.807, 2.05) is 4.90 Å². The highest BCUT2D eigenvalue weighted by molar-refractivity contribution is 6.34. The van der Waals surface area contributed by atoms with Crippen LogP contribution in [0.15, 0.2) is 24.3 Å². The highest BCUT2D eigenvalue weighted by Gasteiger charge is 2.35. The van der Waals surface area contributed by atoms with Crippen molar-refractivity contribution in [3.05, 3.63) is 45.7 Å². The second kappa shape index (κ2) is 10.6. The van der Waals surface area contributed by atoms with Gasteiger partial charge >= 0.3 is 0 Å². The highest BCUT2D eigenvalue weighted by Crippen LogP contribution is 2.38. The number of amides is 1. The van der Waals surface area contributed by atoms with Gasteiger partial charge in [-0.05, 0) is 37.5 Å². The first-order valence-corrected chi connectivity index (χ1v) is 11.9. The molecule has 34 heavy (non-hydrogen) atoms. The van der Waals surface area contributed by atoms with Crippen molar-refractivity contribution in [3.8, 4) is 11.5 Å². The molecule has 0 aromatic heterocycles. The molecule has 7 nitrogen and oxygen atoms in total. The number of carbonyl (C=O) groups is 1. The Balaban J connectivity index is 1.40. The summed E-state index contributed by atoms with van der Waals surface area (Å²) in [4.78, 5) is 13.6. The Hall–Kier alpha value is -2.26. The molecule has 0 radical (unpaired) electrons. The number of ether oxygens (including phenoxy) is 3. The number of rotatable bonds is 8. The van der Waals surface area contributed by atoms with Gasteiger partial charge in [-0.2, -0.15) is 0 Å². The number of nitrogens with zero attached hydrogens (tertiary/aromatic N) is 1. The van der Waals surface area contributed by atoms with Gasteiger partial charge in [0.05, 0.1) is 28.0 Å². The molecule has 2 aliphatic rings. The van der Waals surface area contributed by atoms with Crippen molar-refractivity contribution in [1.29, 1.82) is 0 Å². The molecule has 1 saturated heterocycles. The summed E-state index contributed by atoms with van der Waals surface area (Å²) in [7, 11) is 1.57. The third-order valence-electron chi connectivity index (χ3n) is 6.16. The maximum absolute atomic E-state index is 14.7. The van der Waals surface area contributed by atoms with E-state index < -0.39 is 11.4 Å². The number of anilines is 2. The number of hydrogen-bond acceptors (Lipinski definition) is 6. The number of hydrogen-bond donors (Lipinski definition) is 2. The number of benzene rings is 2. The van der Waals surface area contributed by atoms with E-state index in [1.54, 1.807) is 25.3 Å². The average molecular weight is 513 g/mol. The predicted molar refractivity (Wildman–Crippen MR) is 129 cm³/mol. The van der Waals surface area contributed by atoms with E-state index in [2.05, 4.69) is 5.32 Å². The fourth-order valence-corrected chi connectivity index (χ4v) is 4.61. The summed E-state index contributed by atoms with van der Waals surface area (Å²) in [6.07, 6.45) is 1.66. The molecule has 0 aliphatic carbocycles. The van der Waals surface area contributed by atoms with Crippen LogP contribution in [0, 0.1) is 5.82 Å². The van der Waals surface area contributed by atoms with Gasteiger partial charge in [0, 0.05) is 38.2 Å². The van der Waals surface area contributed by atoms with Gasteiger partial charge in [-0.3, -0.25) is 4.79 Å². The zero-order chi connectivity index (χ0) is 24.3. The molecule has 0 bridgehead atoms. The van der Waals surface area contributed by atoms with Crippen LogP contribution in [0.5, 0.6) is 11.5 Å². The Morgan fingerprint density at radius 1 is 1.09 bits per heavy atom. The molecule has 2 aliphatic heterocycles. The molecule has 0 spiro atoms. The molecule has 0 atom stereocenters. The van der Waals surface area contributed by atoms with E-state index in [1.165, 1.54) is 6.07 Å². The molecule has 2 aromatic carbocycles. The van der Waals surface area contributed by atoms with Gasteiger partial charge in [0.15, 0.2) is 0 Å². The van der Waals surface area contributed by atoms with Crippen LogP contribution in [-0.2, 0) is 16.0 Å². The Morgan fingerprint density at radius 2 is 1.85 bits per heavy atom. The number of methoxy groups -OCH3 is 1. The van der Waals surface area contributed by atoms with Gasteiger partial charge in [-0.1, -0.05) is 23.2 Å². The maximum Gasteiger partial charge on any atom is 0.224 e. The molecule has 2 aromatic rings. The molecular formula is C24H27Cl2FN2O5. The Morgan fingerprint density at radius 3 is 2.59 bits per heavy atom. The Kier molecular flexibility index (Phi) is 7.72. The largest absolute Gasteiger partial charge is 0.490 e. The van der Waals surface area contributed by atoms with E-state index in [9.17, 15) is 14.3 Å². The van der Waals surface area contributed by atoms with Gasteiger partial charge in [0.2, 0.25) is 5.91 Å². The number of piperidine rings is 1. The van der Waals surface area contributed by atoms with Crippen LogP contribution in [0.3, 0.4) is 0 Å². The molecule has 2 N–H and O–H groups in total. The first kappa shape index (κ1) is 24.9. The van der Waals surface area contributed by atoms with Gasteiger partial charge < -0.3 is 29.5 Å². The van der Waals surface area contributed by atoms with Crippen LogP contribution in [0.1, 0.15) is 24.8 Å². The molecule has 0 saturated carbocycles. The normalized spacial score (nSPS) is 17.2. The van der Waals surface area contributed by atoms with Crippen LogP contribution in [0.2, 0.25) is 10.0 Å². The zero-order valence-electron chi connectivity index (χ0n) is 18.8. The average Bonchev–Trinajstić information content (AvgIpc) is 2.81. The molecule has 1 amide bonds. The third kappa shape index (κ3) is 5.51. The standard InChI is InChI=1S/C24H27Cl2FN2O5/c1-32-10-11-33-21-13-19(18(27)12-17(21)26)29-8-6-24(31,7-9-29)14-34-20-4-3-16(25)23-15(20)2-5-22(30)28-23/h3-4,12-13,31H,2,5-11,14H2,1H3,(H,28,30). The van der Waals surface area contributed by atoms with Crippen molar-refractivity contribution in [2.24, 2.45) is 0 Å². The Labute approximate surface area is 207 Å². The lowest BCUT2D eigenvalue weighted by Gasteiger charge is -2.39. The van der Waals surface area contributed by atoms with Crippen molar-refractivity contribution >= 4 is 40.5 Å². The van der Waals surface area contributed by atoms with Crippen LogP contribution < -0.4 is 19.7 Å². The molecule has 184 valence electrons. The summed E-state index contributed by atoms with van der Waals surface area (Å²) in [5.41, 5.74) is 0.709. The number of aliphatic hydroxyl groups is 1. The summed E-state index contributed by atoms with van der Waals surface area (Å²) in [5, 5.41) is 14.5. The van der Waals surface area contributed by atoms with Gasteiger partial charge in [0.1, 0.15) is 36.1 Å². The zero-order valence-corrected chi connectivity index (χ0v) is 20.3. The third-order valence-corrected chi connectivity index (χ3v) is 6.77. The summed E-state index contributed by atoms with van der Waals surface area (Å²) < 4.78 is 31.2. The number of fused-ring (bicyclic) bond motifs is 1. The van der Waals surface area contributed by atoms with Crippen LogP contribution in [-0.4, -0.2) is 56.6 Å². The van der Waals surface area contributed by atoms with Crippen molar-refractivity contribution < 1.29 is 28.5 Å². The van der Waals surface area contributed by atoms with Crippen molar-refractivity contribution in [2.75, 3.05) is 50.2 Å². The fourth-order valence-electron chi connectivity index (χ4n) is 4.19. The van der Waals surface area contributed by atoms with Crippen LogP contribution in [0.4, 0.5) is 15.8 Å². The lowest BCUT2D eigenvalue weighted by Crippen LogP contribution is -2.48. The lowest BCUT2D eigenvalue weighted by molar-refractivity contribution is -0.116. The first-order valence-electron chi connectivity index (χ1n) is 11.1. The monoisotopic (exact) mass is 512 g/mol. The second-order valence-corrected chi connectivity index (χ2v) is 9.34. The van der Waals surface area contributed by atoms with E-state index >= 15 is 0 Å². The van der Waals surface area contributed by atoms with Crippen molar-refractivity contribution in [1.82, 2.24) is 0 Å². The molecule has 10 heteroatoms. The lowest BCUT2D eigenvalue weighted by atomic mass is 9.92. The minimum Gasteiger partial charge on any atom is -0.490 e. The second-order valence-electron chi connectivity index (χ2n) is 8.52. The fraction of sp³-hybridized carbons (Fsp3) is 0.458. The maximum atomic E-state index is 14.7. The quantitative estimate of drug-likeness (QED) is 0.508. The van der Waals surface area contributed by atoms with Crippen LogP contribution in [0.25, 0.3) is 0 Å². The minimum atomic E-state index is -1.07. The molecule has 0 unspecified atom stereocenters. The van der Waals surface area contributed by atoms with Gasteiger partial charge in [-0.15, -0.1) is 0 Å². The van der Waals surface area contributed by atoms with Crippen LogP contribution >= 0.6 is 23.2 Å². The topological polar surface area (TPSA) is 80.3 Å². The minimum absolute atomic E-state index is 0.0807. The molecule has 1 fully saturated rings. The van der Waals surface area contributed by atoms with E-state index in [0.29, 0.717) is 79.9 Å². The molecule has 2 heterocycles. The van der Waals surface area contributed by atoms with Crippen molar-refractivity contribution in [2.45, 2.75) is 31.3 Å². The first-order chi connectivity index (χ1) is 16.3. The Bertz CT molecular complexity index is 1060. The van der Waals surface area contributed by atoms with Gasteiger partial charge in [-0.25, -0.2) is 4.39 Å². The summed E-state index contributed by atoms with van der Waals surface area (Å²) in [5.74, 6) is 0.454. The number of nitrogens with one attached hydrogen (secondary N) is 1. The molecular weight excluding hydrogens is 486 g/mol. The van der Waals surface area contributed by atoms with Crippen molar-refractivity contribution in [3.63, 3.8) is 0 Å².